The molecule has 4 rings (SSSR count). The second-order valence-electron chi connectivity index (χ2n) is 7.33. The van der Waals surface area contributed by atoms with Crippen LogP contribution in [0.5, 0.6) is 0 Å². The number of aromatic nitrogens is 1. The number of halogens is 1. The maximum Gasteiger partial charge on any atom is 0.272 e. The minimum atomic E-state index is -0.266. The van der Waals surface area contributed by atoms with Crippen LogP contribution in [0.2, 0.25) is 4.34 Å². The van der Waals surface area contributed by atoms with Crippen LogP contribution in [0.15, 0.2) is 65.8 Å². The number of pyridine rings is 1. The zero-order chi connectivity index (χ0) is 22.0. The third kappa shape index (κ3) is 4.53. The van der Waals surface area contributed by atoms with E-state index in [1.807, 2.05) is 55.5 Å². The average molecular weight is 448 g/mol. The summed E-state index contributed by atoms with van der Waals surface area (Å²) >= 11 is 7.50. The van der Waals surface area contributed by atoms with Crippen LogP contribution >= 0.6 is 22.9 Å². The Labute approximate surface area is 190 Å². The molecular formula is C25H22ClN3OS. The summed E-state index contributed by atoms with van der Waals surface area (Å²) in [5.74, 6) is -0.266. The Morgan fingerprint density at radius 3 is 2.58 bits per heavy atom. The van der Waals surface area contributed by atoms with Crippen LogP contribution in [-0.4, -0.2) is 16.6 Å². The van der Waals surface area contributed by atoms with Crippen molar-refractivity contribution in [2.45, 2.75) is 27.2 Å². The molecule has 0 saturated carbocycles. The fourth-order valence-electron chi connectivity index (χ4n) is 3.37. The number of hydrogen-bond donors (Lipinski definition) is 1. The lowest BCUT2D eigenvalue weighted by atomic mass is 10.0. The Kier molecular flexibility index (Phi) is 6.16. The molecule has 0 bridgehead atoms. The number of hydrazone groups is 1. The molecule has 0 spiro atoms. The Morgan fingerprint density at radius 2 is 1.87 bits per heavy atom. The van der Waals surface area contributed by atoms with Gasteiger partial charge in [0.2, 0.25) is 0 Å². The summed E-state index contributed by atoms with van der Waals surface area (Å²) < 4.78 is 0.695. The summed E-state index contributed by atoms with van der Waals surface area (Å²) in [6.45, 7) is 6.15. The molecule has 0 aliphatic rings. The lowest BCUT2D eigenvalue weighted by Gasteiger charge is -2.11. The number of fused-ring (bicyclic) bond motifs is 1. The normalized spacial score (nSPS) is 11.7. The Morgan fingerprint density at radius 1 is 1.06 bits per heavy atom. The summed E-state index contributed by atoms with van der Waals surface area (Å²) in [7, 11) is 0. The van der Waals surface area contributed by atoms with Gasteiger partial charge in [0.15, 0.2) is 0 Å². The molecule has 0 aliphatic carbocycles. The first kappa shape index (κ1) is 21.2. The maximum absolute atomic E-state index is 13.2. The molecule has 2 aromatic heterocycles. The number of amides is 1. The van der Waals surface area contributed by atoms with E-state index in [2.05, 4.69) is 36.5 Å². The number of thiophene rings is 1. The van der Waals surface area contributed by atoms with Crippen LogP contribution in [-0.2, 0) is 0 Å². The molecule has 0 atom stereocenters. The van der Waals surface area contributed by atoms with Crippen molar-refractivity contribution in [3.05, 3.63) is 86.6 Å². The van der Waals surface area contributed by atoms with Crippen LogP contribution in [0, 0.1) is 13.8 Å². The van der Waals surface area contributed by atoms with Gasteiger partial charge in [0.25, 0.3) is 5.91 Å². The fourth-order valence-corrected chi connectivity index (χ4v) is 4.47. The molecule has 2 heterocycles. The molecule has 0 saturated heterocycles. The minimum Gasteiger partial charge on any atom is -0.267 e. The monoisotopic (exact) mass is 447 g/mol. The molecule has 1 N–H and O–H groups in total. The molecule has 31 heavy (non-hydrogen) atoms. The van der Waals surface area contributed by atoms with E-state index in [1.165, 1.54) is 22.5 Å². The number of aryl methyl sites for hydroxylation is 2. The molecule has 4 aromatic rings. The van der Waals surface area contributed by atoms with E-state index in [0.29, 0.717) is 16.3 Å². The number of rotatable bonds is 5. The highest BCUT2D eigenvalue weighted by Gasteiger charge is 2.15. The van der Waals surface area contributed by atoms with E-state index < -0.39 is 0 Å². The quantitative estimate of drug-likeness (QED) is 0.271. The van der Waals surface area contributed by atoms with Gasteiger partial charge in [-0.3, -0.25) is 4.79 Å². The van der Waals surface area contributed by atoms with Gasteiger partial charge in [0.05, 0.1) is 31.7 Å². The number of nitrogens with zero attached hydrogens (tertiary/aromatic N) is 2. The second-order valence-corrected chi connectivity index (χ2v) is 9.04. The highest BCUT2D eigenvalue weighted by molar-refractivity contribution is 7.18. The molecule has 0 fully saturated rings. The summed E-state index contributed by atoms with van der Waals surface area (Å²) in [5.41, 5.74) is 8.99. The summed E-state index contributed by atoms with van der Waals surface area (Å²) in [6.07, 6.45) is 0.683. The van der Waals surface area contributed by atoms with Crippen molar-refractivity contribution in [3.8, 4) is 11.3 Å². The van der Waals surface area contributed by atoms with Gasteiger partial charge >= 0.3 is 0 Å². The predicted molar refractivity (Wildman–Crippen MR) is 130 cm³/mol. The van der Waals surface area contributed by atoms with Crippen molar-refractivity contribution in [2.75, 3.05) is 0 Å². The molecule has 0 unspecified atom stereocenters. The smallest absolute Gasteiger partial charge is 0.267 e. The van der Waals surface area contributed by atoms with Gasteiger partial charge in [-0.05, 0) is 61.7 Å². The highest BCUT2D eigenvalue weighted by atomic mass is 35.5. The lowest BCUT2D eigenvalue weighted by Crippen LogP contribution is -2.20. The third-order valence-corrected chi connectivity index (χ3v) is 6.53. The first-order chi connectivity index (χ1) is 15.0. The van der Waals surface area contributed by atoms with Gasteiger partial charge in [-0.25, -0.2) is 10.4 Å². The Bertz CT molecular complexity index is 1310. The number of carbonyl (C=O) groups is 1. The van der Waals surface area contributed by atoms with Crippen LogP contribution in [0.4, 0.5) is 0 Å². The van der Waals surface area contributed by atoms with Gasteiger partial charge in [-0.15, -0.1) is 11.3 Å². The van der Waals surface area contributed by atoms with Crippen molar-refractivity contribution >= 4 is 45.5 Å². The maximum atomic E-state index is 13.2. The average Bonchev–Trinajstić information content (AvgIpc) is 3.21. The highest BCUT2D eigenvalue weighted by Crippen LogP contribution is 2.27. The molecule has 156 valence electrons. The van der Waals surface area contributed by atoms with E-state index in [4.69, 9.17) is 16.6 Å². The van der Waals surface area contributed by atoms with Crippen LogP contribution < -0.4 is 5.43 Å². The van der Waals surface area contributed by atoms with Gasteiger partial charge in [0.1, 0.15) is 0 Å². The Hall–Kier alpha value is -3.02. The number of hydrogen-bond acceptors (Lipinski definition) is 4. The van der Waals surface area contributed by atoms with Gasteiger partial charge in [-0.2, -0.15) is 5.10 Å². The Balaban J connectivity index is 1.74. The van der Waals surface area contributed by atoms with E-state index in [0.717, 1.165) is 32.7 Å². The lowest BCUT2D eigenvalue weighted by molar-refractivity contribution is 0.0956. The van der Waals surface area contributed by atoms with Crippen molar-refractivity contribution in [2.24, 2.45) is 5.10 Å². The summed E-state index contributed by atoms with van der Waals surface area (Å²) in [6, 6.07) is 19.5. The summed E-state index contributed by atoms with van der Waals surface area (Å²) in [5, 5.41) is 5.18. The summed E-state index contributed by atoms with van der Waals surface area (Å²) in [4.78, 5) is 18.9. The molecular weight excluding hydrogens is 426 g/mol. The first-order valence-electron chi connectivity index (χ1n) is 10.1. The van der Waals surface area contributed by atoms with E-state index in [1.54, 1.807) is 0 Å². The third-order valence-electron chi connectivity index (χ3n) is 5.25. The van der Waals surface area contributed by atoms with Gasteiger partial charge in [0, 0.05) is 10.9 Å². The van der Waals surface area contributed by atoms with E-state index in [-0.39, 0.29) is 5.91 Å². The fraction of sp³-hybridized carbons (Fsp3) is 0.160. The van der Waals surface area contributed by atoms with E-state index in [9.17, 15) is 4.79 Å². The first-order valence-corrected chi connectivity index (χ1v) is 11.3. The zero-order valence-electron chi connectivity index (χ0n) is 17.6. The molecule has 1 amide bonds. The van der Waals surface area contributed by atoms with Crippen LogP contribution in [0.1, 0.15) is 39.7 Å². The van der Waals surface area contributed by atoms with Crippen LogP contribution in [0.3, 0.4) is 0 Å². The minimum absolute atomic E-state index is 0.266. The SMILES string of the molecule is CC/C(=N\NC(=O)c1cc(-c2ccc(C)c(C)c2)nc2ccccc12)c1ccc(Cl)s1. The van der Waals surface area contributed by atoms with E-state index >= 15 is 0 Å². The molecule has 4 nitrogen and oxygen atoms in total. The molecule has 0 aliphatic heterocycles. The van der Waals surface area contributed by atoms with Crippen molar-refractivity contribution in [1.29, 1.82) is 0 Å². The van der Waals surface area contributed by atoms with Gasteiger partial charge in [-0.1, -0.05) is 48.9 Å². The number of para-hydroxylation sites is 1. The van der Waals surface area contributed by atoms with Crippen molar-refractivity contribution in [3.63, 3.8) is 0 Å². The van der Waals surface area contributed by atoms with Crippen molar-refractivity contribution in [1.82, 2.24) is 10.4 Å². The second kappa shape index (κ2) is 9.00. The standard InChI is InChI=1S/C25H22ClN3OS/c1-4-20(23-11-12-24(26)31-23)28-29-25(30)19-14-22(17-10-9-15(2)16(3)13-17)27-21-8-6-5-7-18(19)21/h5-14H,4H2,1-3H3,(H,29,30)/b28-20+. The molecule has 6 heteroatoms. The largest absolute Gasteiger partial charge is 0.272 e. The molecule has 0 radical (unpaired) electrons. The topological polar surface area (TPSA) is 54.4 Å². The molecule has 2 aromatic carbocycles. The zero-order valence-corrected chi connectivity index (χ0v) is 19.1. The van der Waals surface area contributed by atoms with Crippen LogP contribution in [0.25, 0.3) is 22.2 Å². The van der Waals surface area contributed by atoms with Crippen molar-refractivity contribution < 1.29 is 4.79 Å². The number of benzene rings is 2. The number of nitrogens with one attached hydrogen (secondary N) is 1. The predicted octanol–water partition coefficient (Wildman–Crippen LogP) is 6.78. The number of carbonyl (C=O) groups excluding carboxylic acids is 1. The van der Waals surface area contributed by atoms with Gasteiger partial charge < -0.3 is 0 Å².